The molecule has 0 aliphatic carbocycles. The average Bonchev–Trinajstić information content (AvgIpc) is 3.20. The summed E-state index contributed by atoms with van der Waals surface area (Å²) in [4.78, 5) is 9.91. The van der Waals surface area contributed by atoms with E-state index < -0.39 is 0 Å². The first kappa shape index (κ1) is 28.4. The van der Waals surface area contributed by atoms with E-state index in [0.717, 1.165) is 33.2 Å². The standard InChI is InChI=1S/C48H30N2/c1-3-12-31(13-4-1)37-27-36-23-25-46-45(30-49-48(50-46)32-14-5-2-6-15-32)47(36)43(29-37)35-17-11-16-33(26-35)34-22-24-42-40-20-8-7-18-38(40)39-19-9-10-21-41(39)44(42)28-34/h1-30H. The number of hydrogen-bond donors (Lipinski definition) is 0. The van der Waals surface area contributed by atoms with E-state index in [2.05, 4.69) is 158 Å². The number of nitrogens with zero attached hydrogens (tertiary/aromatic N) is 2. The van der Waals surface area contributed by atoms with Crippen LogP contribution in [0.4, 0.5) is 0 Å². The highest BCUT2D eigenvalue weighted by atomic mass is 14.9. The fraction of sp³-hybridized carbons (Fsp3) is 0. The van der Waals surface area contributed by atoms with Gasteiger partial charge in [0.25, 0.3) is 0 Å². The quantitative estimate of drug-likeness (QED) is 0.180. The lowest BCUT2D eigenvalue weighted by Crippen LogP contribution is -1.93. The SMILES string of the molecule is c1ccc(-c2cc(-c3cccc(-c4ccc5c6ccccc6c6ccccc6c5c4)c3)c3c(ccc4nc(-c5ccccc5)ncc43)c2)cc1. The summed E-state index contributed by atoms with van der Waals surface area (Å²) in [6, 6.07) is 63.2. The van der Waals surface area contributed by atoms with Gasteiger partial charge in [-0.2, -0.15) is 0 Å². The lowest BCUT2D eigenvalue weighted by molar-refractivity contribution is 1.23. The predicted octanol–water partition coefficient (Wildman–Crippen LogP) is 12.9. The van der Waals surface area contributed by atoms with Gasteiger partial charge < -0.3 is 0 Å². The summed E-state index contributed by atoms with van der Waals surface area (Å²) in [5.41, 5.74) is 9.03. The predicted molar refractivity (Wildman–Crippen MR) is 211 cm³/mol. The number of rotatable bonds is 4. The van der Waals surface area contributed by atoms with Crippen LogP contribution in [0, 0.1) is 0 Å². The third kappa shape index (κ3) is 4.65. The minimum absolute atomic E-state index is 0.735. The molecule has 0 radical (unpaired) electrons. The molecule has 9 aromatic carbocycles. The zero-order valence-corrected chi connectivity index (χ0v) is 27.2. The Labute approximate surface area is 290 Å². The van der Waals surface area contributed by atoms with Crippen LogP contribution in [0.15, 0.2) is 182 Å². The molecule has 0 amide bonds. The van der Waals surface area contributed by atoms with Crippen molar-refractivity contribution in [2.75, 3.05) is 0 Å². The highest BCUT2D eigenvalue weighted by molar-refractivity contribution is 6.25. The summed E-state index contributed by atoms with van der Waals surface area (Å²) in [5, 5.41) is 11.1. The van der Waals surface area contributed by atoms with Crippen molar-refractivity contribution < 1.29 is 0 Å². The monoisotopic (exact) mass is 634 g/mol. The molecule has 0 aliphatic heterocycles. The Morgan fingerprint density at radius 2 is 0.900 bits per heavy atom. The number of fused-ring (bicyclic) bond motifs is 9. The van der Waals surface area contributed by atoms with Gasteiger partial charge in [0.1, 0.15) is 0 Å². The Morgan fingerprint density at radius 3 is 1.62 bits per heavy atom. The van der Waals surface area contributed by atoms with Crippen LogP contribution in [0.1, 0.15) is 0 Å². The first-order valence-corrected chi connectivity index (χ1v) is 17.1. The van der Waals surface area contributed by atoms with Crippen molar-refractivity contribution >= 4 is 54.0 Å². The van der Waals surface area contributed by atoms with E-state index in [4.69, 9.17) is 9.97 Å². The van der Waals surface area contributed by atoms with Gasteiger partial charge in [0.2, 0.25) is 0 Å². The largest absolute Gasteiger partial charge is 0.236 e. The molecule has 0 unspecified atom stereocenters. The molecule has 50 heavy (non-hydrogen) atoms. The van der Waals surface area contributed by atoms with E-state index in [1.54, 1.807) is 0 Å². The lowest BCUT2D eigenvalue weighted by atomic mass is 9.89. The van der Waals surface area contributed by atoms with E-state index in [1.807, 2.05) is 24.4 Å². The average molecular weight is 635 g/mol. The minimum atomic E-state index is 0.735. The first-order chi connectivity index (χ1) is 24.8. The fourth-order valence-corrected chi connectivity index (χ4v) is 7.68. The van der Waals surface area contributed by atoms with Gasteiger partial charge in [-0.3, -0.25) is 0 Å². The van der Waals surface area contributed by atoms with Gasteiger partial charge in [-0.25, -0.2) is 9.97 Å². The molecule has 10 aromatic rings. The van der Waals surface area contributed by atoms with Crippen LogP contribution < -0.4 is 0 Å². The van der Waals surface area contributed by atoms with Crippen LogP contribution in [0.25, 0.3) is 98.8 Å². The summed E-state index contributed by atoms with van der Waals surface area (Å²) >= 11 is 0. The van der Waals surface area contributed by atoms with Gasteiger partial charge in [-0.05, 0) is 101 Å². The zero-order valence-electron chi connectivity index (χ0n) is 27.2. The Hall–Kier alpha value is -6.64. The Morgan fingerprint density at radius 1 is 0.320 bits per heavy atom. The summed E-state index contributed by atoms with van der Waals surface area (Å²) in [7, 11) is 0. The summed E-state index contributed by atoms with van der Waals surface area (Å²) < 4.78 is 0. The maximum absolute atomic E-state index is 5.04. The molecule has 0 aliphatic rings. The summed E-state index contributed by atoms with van der Waals surface area (Å²) in [6.45, 7) is 0. The van der Waals surface area contributed by atoms with Crippen LogP contribution >= 0.6 is 0 Å². The molecule has 1 aromatic heterocycles. The highest BCUT2D eigenvalue weighted by Crippen LogP contribution is 2.41. The highest BCUT2D eigenvalue weighted by Gasteiger charge is 2.15. The molecule has 0 fully saturated rings. The number of benzene rings is 9. The van der Waals surface area contributed by atoms with E-state index in [-0.39, 0.29) is 0 Å². The molecule has 0 saturated heterocycles. The van der Waals surface area contributed by atoms with Crippen LogP contribution in [0.3, 0.4) is 0 Å². The summed E-state index contributed by atoms with van der Waals surface area (Å²) in [6.07, 6.45) is 2.00. The van der Waals surface area contributed by atoms with Crippen LogP contribution in [-0.4, -0.2) is 9.97 Å². The molecular formula is C48H30N2. The van der Waals surface area contributed by atoms with Gasteiger partial charge in [0.05, 0.1) is 5.52 Å². The normalized spacial score (nSPS) is 11.6. The molecule has 2 nitrogen and oxygen atoms in total. The van der Waals surface area contributed by atoms with Crippen molar-refractivity contribution in [3.05, 3.63) is 182 Å². The second-order valence-electron chi connectivity index (χ2n) is 13.0. The van der Waals surface area contributed by atoms with Crippen LogP contribution in [0.5, 0.6) is 0 Å². The second kappa shape index (κ2) is 11.5. The van der Waals surface area contributed by atoms with Crippen molar-refractivity contribution in [1.82, 2.24) is 9.97 Å². The van der Waals surface area contributed by atoms with Gasteiger partial charge in [-0.1, -0.05) is 146 Å². The van der Waals surface area contributed by atoms with E-state index >= 15 is 0 Å². The van der Waals surface area contributed by atoms with Crippen LogP contribution in [-0.2, 0) is 0 Å². The zero-order chi connectivity index (χ0) is 33.0. The molecule has 2 heteroatoms. The molecule has 0 spiro atoms. The Bertz CT molecular complexity index is 2880. The molecule has 0 atom stereocenters. The van der Waals surface area contributed by atoms with Gasteiger partial charge in [-0.15, -0.1) is 0 Å². The summed E-state index contributed by atoms with van der Waals surface area (Å²) in [5.74, 6) is 0.735. The fourth-order valence-electron chi connectivity index (χ4n) is 7.68. The molecular weight excluding hydrogens is 605 g/mol. The van der Waals surface area contributed by atoms with Crippen molar-refractivity contribution in [3.63, 3.8) is 0 Å². The molecule has 0 bridgehead atoms. The molecule has 1 heterocycles. The molecule has 232 valence electrons. The first-order valence-electron chi connectivity index (χ1n) is 17.1. The third-order valence-electron chi connectivity index (χ3n) is 10.1. The van der Waals surface area contributed by atoms with Gasteiger partial charge >= 0.3 is 0 Å². The molecule has 0 saturated carbocycles. The van der Waals surface area contributed by atoms with Crippen molar-refractivity contribution in [3.8, 4) is 44.8 Å². The lowest BCUT2D eigenvalue weighted by Gasteiger charge is -2.15. The molecule has 10 rings (SSSR count). The van der Waals surface area contributed by atoms with E-state index in [1.165, 1.54) is 65.5 Å². The number of aromatic nitrogens is 2. The van der Waals surface area contributed by atoms with Gasteiger partial charge in [0.15, 0.2) is 5.82 Å². The molecule has 0 N–H and O–H groups in total. The second-order valence-corrected chi connectivity index (χ2v) is 13.0. The van der Waals surface area contributed by atoms with Crippen molar-refractivity contribution in [2.24, 2.45) is 0 Å². The minimum Gasteiger partial charge on any atom is -0.236 e. The third-order valence-corrected chi connectivity index (χ3v) is 10.1. The van der Waals surface area contributed by atoms with Crippen LogP contribution in [0.2, 0.25) is 0 Å². The number of hydrogen-bond acceptors (Lipinski definition) is 2. The Balaban J connectivity index is 1.19. The van der Waals surface area contributed by atoms with E-state index in [0.29, 0.717) is 0 Å². The van der Waals surface area contributed by atoms with E-state index in [9.17, 15) is 0 Å². The van der Waals surface area contributed by atoms with Crippen molar-refractivity contribution in [2.45, 2.75) is 0 Å². The maximum Gasteiger partial charge on any atom is 0.159 e. The smallest absolute Gasteiger partial charge is 0.159 e. The topological polar surface area (TPSA) is 25.8 Å². The maximum atomic E-state index is 5.04. The van der Waals surface area contributed by atoms with Gasteiger partial charge in [0, 0.05) is 22.5 Å². The Kier molecular flexibility index (Phi) is 6.53. The van der Waals surface area contributed by atoms with Crippen molar-refractivity contribution in [1.29, 1.82) is 0 Å².